The van der Waals surface area contributed by atoms with E-state index in [0.717, 1.165) is 0 Å². The summed E-state index contributed by atoms with van der Waals surface area (Å²) in [5.41, 5.74) is -0.843. The van der Waals surface area contributed by atoms with Crippen LogP contribution in [0.25, 0.3) is 11.3 Å². The molecule has 1 heterocycles. The largest absolute Gasteiger partial charge is 0.465 e. The van der Waals surface area contributed by atoms with E-state index in [1.165, 1.54) is 31.4 Å². The molecule has 0 N–H and O–H groups in total. The quantitative estimate of drug-likeness (QED) is 0.664. The number of methoxy groups -OCH3 is 1. The molecule has 1 aromatic heterocycles. The fourth-order valence-corrected chi connectivity index (χ4v) is 2.24. The second kappa shape index (κ2) is 6.95. The fourth-order valence-electron chi connectivity index (χ4n) is 1.87. The van der Waals surface area contributed by atoms with Crippen molar-refractivity contribution in [2.75, 3.05) is 7.11 Å². The fraction of sp³-hybridized carbons (Fsp3) is 0.214. The molecule has 6 nitrogen and oxygen atoms in total. The molecule has 0 aliphatic heterocycles. The molecule has 0 unspecified atom stereocenters. The van der Waals surface area contributed by atoms with Gasteiger partial charge >= 0.3 is 12.1 Å². The number of carbonyl (C=O) groups is 1. The van der Waals surface area contributed by atoms with Crippen LogP contribution >= 0.6 is 0 Å². The first-order chi connectivity index (χ1) is 11.2. The molecule has 0 aliphatic carbocycles. The standard InChI is InChI=1S/C14H11F3N2O4S/c1-23-13(20)9-4-2-8(3-5-9)10-6-11(14(15,16)17)19-12(18-10)7-24(21)22/h2-6,24H,7H2,1H3. The van der Waals surface area contributed by atoms with Gasteiger partial charge in [0.1, 0.15) is 28.0 Å². The van der Waals surface area contributed by atoms with E-state index in [4.69, 9.17) is 0 Å². The normalized spacial score (nSPS) is 11.5. The van der Waals surface area contributed by atoms with Gasteiger partial charge in [-0.3, -0.25) is 0 Å². The number of aromatic nitrogens is 2. The van der Waals surface area contributed by atoms with Crippen LogP contribution in [-0.4, -0.2) is 31.5 Å². The number of thiol groups is 1. The van der Waals surface area contributed by atoms with E-state index in [1.807, 2.05) is 0 Å². The lowest BCUT2D eigenvalue weighted by atomic mass is 10.1. The van der Waals surface area contributed by atoms with Crippen LogP contribution in [0.4, 0.5) is 13.2 Å². The average Bonchev–Trinajstić information content (AvgIpc) is 2.52. The summed E-state index contributed by atoms with van der Waals surface area (Å²) in [7, 11) is -1.77. The van der Waals surface area contributed by atoms with Gasteiger partial charge in [-0.05, 0) is 18.2 Å². The third-order valence-corrected chi connectivity index (χ3v) is 3.48. The van der Waals surface area contributed by atoms with E-state index in [1.54, 1.807) is 0 Å². The van der Waals surface area contributed by atoms with Crippen LogP contribution in [0.15, 0.2) is 30.3 Å². The van der Waals surface area contributed by atoms with Gasteiger partial charge in [-0.2, -0.15) is 13.2 Å². The summed E-state index contributed by atoms with van der Waals surface area (Å²) in [4.78, 5) is 18.4. The zero-order valence-electron chi connectivity index (χ0n) is 12.2. The maximum atomic E-state index is 12.9. The van der Waals surface area contributed by atoms with Gasteiger partial charge in [-0.1, -0.05) is 12.1 Å². The number of carbonyl (C=O) groups excluding carboxylic acids is 1. The van der Waals surface area contributed by atoms with E-state index in [9.17, 15) is 26.4 Å². The Morgan fingerprint density at radius 3 is 2.29 bits per heavy atom. The topological polar surface area (TPSA) is 86.2 Å². The third-order valence-electron chi connectivity index (χ3n) is 2.94. The molecule has 2 rings (SSSR count). The Hall–Kier alpha value is -2.49. The van der Waals surface area contributed by atoms with Gasteiger partial charge in [-0.15, -0.1) is 0 Å². The van der Waals surface area contributed by atoms with Crippen LogP contribution in [0.3, 0.4) is 0 Å². The minimum Gasteiger partial charge on any atom is -0.465 e. The van der Waals surface area contributed by atoms with Crippen LogP contribution in [0.2, 0.25) is 0 Å². The monoisotopic (exact) mass is 360 g/mol. The summed E-state index contributed by atoms with van der Waals surface area (Å²) in [5.74, 6) is -1.75. The molecule has 10 heteroatoms. The second-order valence-corrected chi connectivity index (χ2v) is 5.59. The predicted molar refractivity (Wildman–Crippen MR) is 77.8 cm³/mol. The molecule has 2 aromatic rings. The van der Waals surface area contributed by atoms with Crippen molar-refractivity contribution in [3.63, 3.8) is 0 Å². The molecule has 24 heavy (non-hydrogen) atoms. The predicted octanol–water partition coefficient (Wildman–Crippen LogP) is 2.06. The molecular formula is C14H11F3N2O4S. The third kappa shape index (κ3) is 4.28. The molecule has 0 bridgehead atoms. The van der Waals surface area contributed by atoms with Crippen LogP contribution in [0.1, 0.15) is 21.9 Å². The van der Waals surface area contributed by atoms with Gasteiger partial charge in [0.2, 0.25) is 0 Å². The molecular weight excluding hydrogens is 349 g/mol. The van der Waals surface area contributed by atoms with Crippen molar-refractivity contribution in [1.29, 1.82) is 0 Å². The number of alkyl halides is 3. The molecule has 0 spiro atoms. The Balaban J connectivity index is 2.50. The smallest absolute Gasteiger partial charge is 0.433 e. The Kier molecular flexibility index (Phi) is 5.17. The first kappa shape index (κ1) is 17.9. The van der Waals surface area contributed by atoms with Crippen LogP contribution in [0.5, 0.6) is 0 Å². The van der Waals surface area contributed by atoms with Gasteiger partial charge in [0, 0.05) is 5.56 Å². The van der Waals surface area contributed by atoms with Crippen molar-refractivity contribution in [1.82, 2.24) is 9.97 Å². The Morgan fingerprint density at radius 1 is 1.17 bits per heavy atom. The van der Waals surface area contributed by atoms with E-state index in [-0.39, 0.29) is 16.8 Å². The molecule has 1 aromatic carbocycles. The van der Waals surface area contributed by atoms with E-state index < -0.39 is 40.1 Å². The number of hydrogen-bond acceptors (Lipinski definition) is 6. The molecule has 0 saturated carbocycles. The van der Waals surface area contributed by atoms with Gasteiger partial charge in [-0.25, -0.2) is 23.2 Å². The molecule has 0 fully saturated rings. The number of hydrogen-bond donors (Lipinski definition) is 1. The number of esters is 1. The summed E-state index contributed by atoms with van der Waals surface area (Å²) < 4.78 is 64.8. The van der Waals surface area contributed by atoms with E-state index in [0.29, 0.717) is 6.07 Å². The molecule has 0 atom stereocenters. The lowest BCUT2D eigenvalue weighted by Crippen LogP contribution is -2.12. The van der Waals surface area contributed by atoms with E-state index in [2.05, 4.69) is 14.7 Å². The molecule has 0 radical (unpaired) electrons. The van der Waals surface area contributed by atoms with Crippen LogP contribution < -0.4 is 0 Å². The van der Waals surface area contributed by atoms with Crippen LogP contribution in [-0.2, 0) is 27.4 Å². The zero-order valence-corrected chi connectivity index (χ0v) is 13.1. The van der Waals surface area contributed by atoms with Crippen molar-refractivity contribution < 1.29 is 31.1 Å². The minimum absolute atomic E-state index is 0.0967. The summed E-state index contributed by atoms with van der Waals surface area (Å²) in [6.45, 7) is 0. The molecule has 0 aliphatic rings. The number of rotatable bonds is 4. The summed E-state index contributed by atoms with van der Waals surface area (Å²) in [6, 6.07) is 6.22. The van der Waals surface area contributed by atoms with Gasteiger partial charge in [0.05, 0.1) is 18.4 Å². The van der Waals surface area contributed by atoms with Gasteiger partial charge < -0.3 is 4.74 Å². The SMILES string of the molecule is COC(=O)c1ccc(-c2cc(C(F)(F)F)nc(C[SH](=O)=O)n2)cc1. The minimum atomic E-state index is -4.74. The Morgan fingerprint density at radius 2 is 1.79 bits per heavy atom. The van der Waals surface area contributed by atoms with Crippen molar-refractivity contribution in [3.05, 3.63) is 47.4 Å². The highest BCUT2D eigenvalue weighted by atomic mass is 32.2. The van der Waals surface area contributed by atoms with Gasteiger partial charge in [0.15, 0.2) is 0 Å². The maximum absolute atomic E-state index is 12.9. The van der Waals surface area contributed by atoms with Crippen molar-refractivity contribution in [2.45, 2.75) is 11.9 Å². The Labute approximate surface area is 136 Å². The summed E-state index contributed by atoms with van der Waals surface area (Å²) in [6.07, 6.45) is -4.74. The molecule has 128 valence electrons. The van der Waals surface area contributed by atoms with Crippen LogP contribution in [0, 0.1) is 0 Å². The average molecular weight is 360 g/mol. The molecule has 0 amide bonds. The lowest BCUT2D eigenvalue weighted by Gasteiger charge is -2.10. The van der Waals surface area contributed by atoms with Crippen molar-refractivity contribution in [2.24, 2.45) is 0 Å². The van der Waals surface area contributed by atoms with Crippen molar-refractivity contribution >= 4 is 16.7 Å². The number of ether oxygens (including phenoxy) is 1. The summed E-state index contributed by atoms with van der Waals surface area (Å²) in [5, 5.41) is 0. The highest BCUT2D eigenvalue weighted by molar-refractivity contribution is 7.71. The zero-order chi connectivity index (χ0) is 17.9. The maximum Gasteiger partial charge on any atom is 0.433 e. The Bertz CT molecular complexity index is 825. The summed E-state index contributed by atoms with van der Waals surface area (Å²) >= 11 is 0. The highest BCUT2D eigenvalue weighted by Crippen LogP contribution is 2.30. The first-order valence-corrected chi connectivity index (χ1v) is 7.82. The molecule has 0 saturated heterocycles. The highest BCUT2D eigenvalue weighted by Gasteiger charge is 2.33. The van der Waals surface area contributed by atoms with Gasteiger partial charge in [0.25, 0.3) is 0 Å². The number of nitrogens with zero attached hydrogens (tertiary/aromatic N) is 2. The number of halogens is 3. The second-order valence-electron chi connectivity index (χ2n) is 4.61. The van der Waals surface area contributed by atoms with E-state index >= 15 is 0 Å². The number of benzene rings is 1. The first-order valence-electron chi connectivity index (χ1n) is 6.46. The van der Waals surface area contributed by atoms with Crippen molar-refractivity contribution in [3.8, 4) is 11.3 Å². The lowest BCUT2D eigenvalue weighted by molar-refractivity contribution is -0.141.